The quantitative estimate of drug-likeness (QED) is 0.648. The molecular formula is C11H14N2O4. The molecule has 92 valence electrons. The summed E-state index contributed by atoms with van der Waals surface area (Å²) < 4.78 is 5.26. The maximum atomic E-state index is 10.9. The van der Waals surface area contributed by atoms with Gasteiger partial charge in [0.2, 0.25) is 5.91 Å². The Labute approximate surface area is 98.4 Å². The Hall–Kier alpha value is -2.24. The van der Waals surface area contributed by atoms with Crippen LogP contribution in [0.1, 0.15) is 16.8 Å². The van der Waals surface area contributed by atoms with Crippen molar-refractivity contribution < 1.29 is 19.4 Å². The van der Waals surface area contributed by atoms with Crippen molar-refractivity contribution in [1.29, 1.82) is 0 Å². The largest absolute Gasteiger partial charge is 0.493 e. The van der Waals surface area contributed by atoms with Gasteiger partial charge in [0.05, 0.1) is 18.6 Å². The first kappa shape index (κ1) is 12.8. The number of nitrogen functional groups attached to an aromatic ring is 1. The number of hydrogen-bond acceptors (Lipinski definition) is 4. The van der Waals surface area contributed by atoms with Crippen molar-refractivity contribution in [3.05, 3.63) is 23.8 Å². The third-order valence-electron chi connectivity index (χ3n) is 2.13. The maximum absolute atomic E-state index is 10.9. The number of nitrogens with one attached hydrogen (secondary N) is 1. The number of aromatic carboxylic acids is 1. The SMILES string of the molecule is CNC(=O)CCOc1ccc(C(=O)O)c(N)c1. The average molecular weight is 238 g/mol. The van der Waals surface area contributed by atoms with E-state index >= 15 is 0 Å². The topological polar surface area (TPSA) is 102 Å². The first-order valence-corrected chi connectivity index (χ1v) is 5.00. The summed E-state index contributed by atoms with van der Waals surface area (Å²) >= 11 is 0. The molecule has 0 spiro atoms. The highest BCUT2D eigenvalue weighted by atomic mass is 16.5. The number of carbonyl (C=O) groups is 2. The van der Waals surface area contributed by atoms with E-state index in [0.29, 0.717) is 5.75 Å². The molecule has 4 N–H and O–H groups in total. The van der Waals surface area contributed by atoms with E-state index in [1.165, 1.54) is 18.2 Å². The van der Waals surface area contributed by atoms with Crippen molar-refractivity contribution in [1.82, 2.24) is 5.32 Å². The second-order valence-corrected chi connectivity index (χ2v) is 3.33. The molecule has 0 saturated carbocycles. The predicted octanol–water partition coefficient (Wildman–Crippen LogP) is 0.482. The standard InChI is InChI=1S/C11H14N2O4/c1-13-10(14)4-5-17-7-2-3-8(11(15)16)9(12)6-7/h2-3,6H,4-5,12H2,1H3,(H,13,14)(H,15,16). The molecule has 0 aliphatic heterocycles. The molecule has 0 unspecified atom stereocenters. The molecule has 0 aromatic heterocycles. The highest BCUT2D eigenvalue weighted by molar-refractivity contribution is 5.93. The highest BCUT2D eigenvalue weighted by Crippen LogP contribution is 2.19. The Bertz CT molecular complexity index is 431. The van der Waals surface area contributed by atoms with Crippen LogP contribution in [-0.2, 0) is 4.79 Å². The van der Waals surface area contributed by atoms with Gasteiger partial charge in [0.1, 0.15) is 5.75 Å². The van der Waals surface area contributed by atoms with Crippen molar-refractivity contribution in [2.75, 3.05) is 19.4 Å². The lowest BCUT2D eigenvalue weighted by atomic mass is 10.2. The van der Waals surface area contributed by atoms with Crippen molar-refractivity contribution in [3.63, 3.8) is 0 Å². The molecule has 1 aromatic rings. The Morgan fingerprint density at radius 1 is 1.47 bits per heavy atom. The molecule has 0 atom stereocenters. The van der Waals surface area contributed by atoms with Gasteiger partial charge in [-0.3, -0.25) is 4.79 Å². The maximum Gasteiger partial charge on any atom is 0.337 e. The Kier molecular flexibility index (Phi) is 4.33. The van der Waals surface area contributed by atoms with E-state index in [-0.39, 0.29) is 30.2 Å². The van der Waals surface area contributed by atoms with Gasteiger partial charge < -0.3 is 20.9 Å². The van der Waals surface area contributed by atoms with Crippen LogP contribution in [0.3, 0.4) is 0 Å². The zero-order chi connectivity index (χ0) is 12.8. The van der Waals surface area contributed by atoms with Gasteiger partial charge in [0, 0.05) is 18.8 Å². The molecule has 17 heavy (non-hydrogen) atoms. The summed E-state index contributed by atoms with van der Waals surface area (Å²) in [4.78, 5) is 21.6. The summed E-state index contributed by atoms with van der Waals surface area (Å²) in [5.41, 5.74) is 5.71. The summed E-state index contributed by atoms with van der Waals surface area (Å²) in [5, 5.41) is 11.2. The molecule has 0 aliphatic carbocycles. The highest BCUT2D eigenvalue weighted by Gasteiger charge is 2.08. The van der Waals surface area contributed by atoms with Gasteiger partial charge in [-0.15, -0.1) is 0 Å². The zero-order valence-electron chi connectivity index (χ0n) is 9.40. The number of anilines is 1. The van der Waals surface area contributed by atoms with Gasteiger partial charge in [-0.1, -0.05) is 0 Å². The smallest absolute Gasteiger partial charge is 0.337 e. The molecule has 6 heteroatoms. The summed E-state index contributed by atoms with van der Waals surface area (Å²) in [6.07, 6.45) is 0.233. The second-order valence-electron chi connectivity index (χ2n) is 3.33. The predicted molar refractivity (Wildman–Crippen MR) is 62.0 cm³/mol. The van der Waals surface area contributed by atoms with Gasteiger partial charge in [-0.25, -0.2) is 4.79 Å². The minimum atomic E-state index is -1.08. The lowest BCUT2D eigenvalue weighted by Gasteiger charge is -2.07. The van der Waals surface area contributed by atoms with Crippen LogP contribution in [0.15, 0.2) is 18.2 Å². The van der Waals surface area contributed by atoms with Crippen LogP contribution in [0.2, 0.25) is 0 Å². The number of carboxylic acids is 1. The molecule has 0 aliphatic rings. The van der Waals surface area contributed by atoms with Crippen molar-refractivity contribution in [2.45, 2.75) is 6.42 Å². The minimum Gasteiger partial charge on any atom is -0.493 e. The Balaban J connectivity index is 2.59. The Morgan fingerprint density at radius 3 is 2.71 bits per heavy atom. The molecule has 0 heterocycles. The lowest BCUT2D eigenvalue weighted by Crippen LogP contribution is -2.20. The van der Waals surface area contributed by atoms with Crippen molar-refractivity contribution in [3.8, 4) is 5.75 Å². The number of nitrogens with two attached hydrogens (primary N) is 1. The molecule has 6 nitrogen and oxygen atoms in total. The van der Waals surface area contributed by atoms with Crippen LogP contribution < -0.4 is 15.8 Å². The molecule has 1 rings (SSSR count). The third-order valence-corrected chi connectivity index (χ3v) is 2.13. The van der Waals surface area contributed by atoms with Gasteiger partial charge in [-0.05, 0) is 12.1 Å². The van der Waals surface area contributed by atoms with Gasteiger partial charge in [0.25, 0.3) is 0 Å². The van der Waals surface area contributed by atoms with Crippen LogP contribution in [0.25, 0.3) is 0 Å². The number of hydrogen-bond donors (Lipinski definition) is 3. The number of ether oxygens (including phenoxy) is 1. The van der Waals surface area contributed by atoms with E-state index in [9.17, 15) is 9.59 Å². The summed E-state index contributed by atoms with van der Waals surface area (Å²) in [7, 11) is 1.54. The number of benzene rings is 1. The van der Waals surface area contributed by atoms with Crippen LogP contribution >= 0.6 is 0 Å². The van der Waals surface area contributed by atoms with E-state index < -0.39 is 5.97 Å². The number of amides is 1. The van der Waals surface area contributed by atoms with Crippen molar-refractivity contribution in [2.24, 2.45) is 0 Å². The normalized spacial score (nSPS) is 9.71. The zero-order valence-corrected chi connectivity index (χ0v) is 9.40. The van der Waals surface area contributed by atoms with E-state index in [1.807, 2.05) is 0 Å². The fraction of sp³-hybridized carbons (Fsp3) is 0.273. The van der Waals surface area contributed by atoms with Gasteiger partial charge >= 0.3 is 5.97 Å². The van der Waals surface area contributed by atoms with Gasteiger partial charge in [0.15, 0.2) is 0 Å². The molecule has 0 fully saturated rings. The van der Waals surface area contributed by atoms with Crippen LogP contribution in [0.5, 0.6) is 5.75 Å². The number of carbonyl (C=O) groups excluding carboxylic acids is 1. The van der Waals surface area contributed by atoms with E-state index in [0.717, 1.165) is 0 Å². The first-order chi connectivity index (χ1) is 8.04. The fourth-order valence-corrected chi connectivity index (χ4v) is 1.21. The number of rotatable bonds is 5. The summed E-state index contributed by atoms with van der Waals surface area (Å²) in [6, 6.07) is 4.30. The molecule has 0 saturated heterocycles. The second kappa shape index (κ2) is 5.74. The first-order valence-electron chi connectivity index (χ1n) is 5.00. The summed E-state index contributed by atoms with van der Waals surface area (Å²) in [5.74, 6) is -0.768. The minimum absolute atomic E-state index is 0.0312. The molecule has 0 radical (unpaired) electrons. The average Bonchev–Trinajstić information content (AvgIpc) is 2.28. The monoisotopic (exact) mass is 238 g/mol. The van der Waals surface area contributed by atoms with Crippen LogP contribution in [0, 0.1) is 0 Å². The third kappa shape index (κ3) is 3.67. The fourth-order valence-electron chi connectivity index (χ4n) is 1.21. The van der Waals surface area contributed by atoms with E-state index in [2.05, 4.69) is 5.32 Å². The van der Waals surface area contributed by atoms with E-state index in [4.69, 9.17) is 15.6 Å². The van der Waals surface area contributed by atoms with Crippen LogP contribution in [0.4, 0.5) is 5.69 Å². The summed E-state index contributed by atoms with van der Waals surface area (Å²) in [6.45, 7) is 0.214. The number of carboxylic acid groups (broad SMARTS) is 1. The van der Waals surface area contributed by atoms with Gasteiger partial charge in [-0.2, -0.15) is 0 Å². The molecular weight excluding hydrogens is 224 g/mol. The lowest BCUT2D eigenvalue weighted by molar-refractivity contribution is -0.121. The molecule has 1 amide bonds. The molecule has 1 aromatic carbocycles. The van der Waals surface area contributed by atoms with Crippen molar-refractivity contribution >= 4 is 17.6 Å². The Morgan fingerprint density at radius 2 is 2.18 bits per heavy atom. The molecule has 0 bridgehead atoms. The van der Waals surface area contributed by atoms with E-state index in [1.54, 1.807) is 7.05 Å². The van der Waals surface area contributed by atoms with Crippen LogP contribution in [-0.4, -0.2) is 30.6 Å².